The Morgan fingerprint density at radius 2 is 1.80 bits per heavy atom. The van der Waals surface area contributed by atoms with E-state index in [4.69, 9.17) is 33.3 Å². The van der Waals surface area contributed by atoms with Gasteiger partial charge in [-0.1, -0.05) is 61.4 Å². The van der Waals surface area contributed by atoms with Crippen LogP contribution >= 0.6 is 23.2 Å². The summed E-state index contributed by atoms with van der Waals surface area (Å²) in [7, 11) is 1.73. The lowest BCUT2D eigenvalue weighted by Gasteiger charge is -2.10. The van der Waals surface area contributed by atoms with Crippen LogP contribution in [0.4, 0.5) is 5.95 Å². The maximum Gasteiger partial charge on any atom is 0.256 e. The lowest BCUT2D eigenvalue weighted by atomic mass is 10.0. The summed E-state index contributed by atoms with van der Waals surface area (Å²) >= 11 is 12.0. The van der Waals surface area contributed by atoms with Gasteiger partial charge >= 0.3 is 0 Å². The largest absolute Gasteiger partial charge is 0.385 e. The number of halogens is 2. The maximum atomic E-state index is 12.5. The van der Waals surface area contributed by atoms with Crippen LogP contribution in [0.2, 0.25) is 10.0 Å². The van der Waals surface area contributed by atoms with Crippen LogP contribution in [0.5, 0.6) is 0 Å². The van der Waals surface area contributed by atoms with Gasteiger partial charge in [-0.15, -0.1) is 0 Å². The minimum absolute atomic E-state index is 0.195. The monoisotopic (exact) mass is 452 g/mol. The Kier molecular flexibility index (Phi) is 10.9. The predicted octanol–water partition coefficient (Wildman–Crippen LogP) is 5.61. The van der Waals surface area contributed by atoms with Crippen molar-refractivity contribution in [3.8, 4) is 0 Å². The minimum Gasteiger partial charge on any atom is -0.385 e. The van der Waals surface area contributed by atoms with E-state index in [9.17, 15) is 4.79 Å². The third-order valence-electron chi connectivity index (χ3n) is 4.90. The molecule has 0 aliphatic carbocycles. The van der Waals surface area contributed by atoms with E-state index in [2.05, 4.69) is 15.3 Å². The summed E-state index contributed by atoms with van der Waals surface area (Å²) < 4.78 is 5.05. The number of methoxy groups -OCH3 is 1. The van der Waals surface area contributed by atoms with Gasteiger partial charge in [-0.3, -0.25) is 9.78 Å². The highest BCUT2D eigenvalue weighted by Crippen LogP contribution is 2.22. The van der Waals surface area contributed by atoms with Gasteiger partial charge in [-0.05, 0) is 37.0 Å². The molecule has 1 aromatic heterocycles. The Hall–Kier alpha value is -1.89. The second-order valence-corrected chi connectivity index (χ2v) is 8.06. The van der Waals surface area contributed by atoms with E-state index in [-0.39, 0.29) is 5.56 Å². The van der Waals surface area contributed by atoms with Gasteiger partial charge in [0.15, 0.2) is 0 Å². The molecule has 3 N–H and O–H groups in total. The molecule has 0 amide bonds. The number of ether oxygens (including phenoxy) is 1. The Morgan fingerprint density at radius 3 is 2.47 bits per heavy atom. The summed E-state index contributed by atoms with van der Waals surface area (Å²) in [5, 5.41) is 11.7. The summed E-state index contributed by atoms with van der Waals surface area (Å²) in [4.78, 5) is 19.7. The summed E-state index contributed by atoms with van der Waals surface area (Å²) in [5.41, 5.74) is 1.70. The Morgan fingerprint density at radius 1 is 1.10 bits per heavy atom. The summed E-state index contributed by atoms with van der Waals surface area (Å²) in [6.45, 7) is 1.27. The number of hydrogen-bond acceptors (Lipinski definition) is 5. The van der Waals surface area contributed by atoms with Crippen molar-refractivity contribution in [1.29, 1.82) is 5.41 Å². The van der Waals surface area contributed by atoms with Gasteiger partial charge in [0.25, 0.3) is 5.56 Å². The van der Waals surface area contributed by atoms with Crippen molar-refractivity contribution in [2.75, 3.05) is 19.0 Å². The topological polar surface area (TPSA) is 90.9 Å². The number of anilines is 1. The number of H-pyrrole nitrogens is 1. The fourth-order valence-electron chi connectivity index (χ4n) is 3.23. The van der Waals surface area contributed by atoms with E-state index in [0.717, 1.165) is 44.1 Å². The minimum atomic E-state index is -0.195. The molecule has 8 heteroatoms. The summed E-state index contributed by atoms with van der Waals surface area (Å²) in [6.07, 6.45) is 9.65. The molecule has 30 heavy (non-hydrogen) atoms. The second-order valence-electron chi connectivity index (χ2n) is 7.24. The Balaban J connectivity index is 1.83. The van der Waals surface area contributed by atoms with Crippen LogP contribution < -0.4 is 10.9 Å². The molecular formula is C22H30Cl2N4O2. The molecule has 164 valence electrons. The molecule has 1 heterocycles. The van der Waals surface area contributed by atoms with Crippen LogP contribution in [0.15, 0.2) is 23.0 Å². The van der Waals surface area contributed by atoms with Crippen molar-refractivity contribution in [3.05, 3.63) is 55.4 Å². The number of nitrogens with one attached hydrogen (secondary N) is 3. The summed E-state index contributed by atoms with van der Waals surface area (Å²) in [5.74, 6) is 0.337. The number of hydrogen-bond donors (Lipinski definition) is 3. The molecule has 0 fully saturated rings. The maximum absolute atomic E-state index is 12.5. The summed E-state index contributed by atoms with van der Waals surface area (Å²) in [6, 6.07) is 5.34. The van der Waals surface area contributed by atoms with Crippen molar-refractivity contribution in [2.24, 2.45) is 0 Å². The van der Waals surface area contributed by atoms with Gasteiger partial charge in [0.1, 0.15) is 0 Å². The number of nitrogens with zero attached hydrogens (tertiary/aromatic N) is 1. The van der Waals surface area contributed by atoms with Gasteiger partial charge in [0.05, 0.1) is 15.7 Å². The zero-order chi connectivity index (χ0) is 21.8. The van der Waals surface area contributed by atoms with Crippen LogP contribution in [0, 0.1) is 5.41 Å². The van der Waals surface area contributed by atoms with E-state index < -0.39 is 0 Å². The fourth-order valence-corrected chi connectivity index (χ4v) is 3.55. The Bertz CT molecular complexity index is 871. The highest BCUT2D eigenvalue weighted by atomic mass is 35.5. The fraction of sp³-hybridized carbons (Fsp3) is 0.500. The van der Waals surface area contributed by atoms with Crippen LogP contribution in [0.1, 0.15) is 61.8 Å². The van der Waals surface area contributed by atoms with E-state index in [0.29, 0.717) is 40.2 Å². The number of aromatic amines is 1. The molecule has 0 spiro atoms. The average molecular weight is 453 g/mol. The molecule has 6 nitrogen and oxygen atoms in total. The van der Waals surface area contributed by atoms with Gasteiger partial charge in [-0.25, -0.2) is 4.98 Å². The smallest absolute Gasteiger partial charge is 0.256 e. The Labute approximate surface area is 187 Å². The third kappa shape index (κ3) is 8.09. The third-order valence-corrected chi connectivity index (χ3v) is 5.64. The van der Waals surface area contributed by atoms with Gasteiger partial charge in [0.2, 0.25) is 5.95 Å². The molecule has 0 aliphatic heterocycles. The van der Waals surface area contributed by atoms with Gasteiger partial charge in [0, 0.05) is 32.0 Å². The second kappa shape index (κ2) is 13.4. The van der Waals surface area contributed by atoms with Gasteiger partial charge < -0.3 is 15.5 Å². The molecule has 0 saturated carbocycles. The molecule has 0 bridgehead atoms. The normalized spacial score (nSPS) is 10.9. The molecule has 2 aromatic rings. The van der Waals surface area contributed by atoms with Crippen LogP contribution in [0.25, 0.3) is 0 Å². The molecule has 1 aromatic carbocycles. The lowest BCUT2D eigenvalue weighted by molar-refractivity contribution is 0.192. The highest BCUT2D eigenvalue weighted by Gasteiger charge is 2.10. The first-order valence-corrected chi connectivity index (χ1v) is 11.1. The lowest BCUT2D eigenvalue weighted by Crippen LogP contribution is -2.20. The molecule has 0 radical (unpaired) electrons. The molecule has 0 aliphatic rings. The first kappa shape index (κ1) is 24.4. The molecular weight excluding hydrogens is 423 g/mol. The number of rotatable bonds is 14. The first-order valence-electron chi connectivity index (χ1n) is 10.4. The highest BCUT2D eigenvalue weighted by molar-refractivity contribution is 6.42. The number of aromatic nitrogens is 2. The first-order chi connectivity index (χ1) is 14.5. The molecule has 0 atom stereocenters. The quantitative estimate of drug-likeness (QED) is 0.256. The predicted molar refractivity (Wildman–Crippen MR) is 124 cm³/mol. The van der Waals surface area contributed by atoms with Crippen LogP contribution in [-0.2, 0) is 17.7 Å². The molecule has 0 saturated heterocycles. The van der Waals surface area contributed by atoms with Crippen molar-refractivity contribution in [3.63, 3.8) is 0 Å². The molecule has 2 rings (SSSR count). The average Bonchev–Trinajstić information content (AvgIpc) is 2.74. The number of benzene rings is 1. The standard InChI is InChI=1S/C22H30Cl2N4O2/c1-30-12-8-6-4-2-3-5-7-9-17-20(14-25)27-22(28-21(17)29)26-15-16-10-11-18(23)19(24)13-16/h10-11,13-14,25H,2-9,12,15H2,1H3,(H2,26,27,28,29). The van der Waals surface area contributed by atoms with E-state index in [1.54, 1.807) is 19.2 Å². The van der Waals surface area contributed by atoms with Crippen LogP contribution in [0.3, 0.4) is 0 Å². The zero-order valence-corrected chi connectivity index (χ0v) is 18.9. The van der Waals surface area contributed by atoms with Crippen molar-refractivity contribution in [2.45, 2.75) is 57.9 Å². The number of unbranched alkanes of at least 4 members (excludes halogenated alkanes) is 6. The SMILES string of the molecule is COCCCCCCCCCc1c(C=N)nc(NCc2ccc(Cl)c(Cl)c2)[nH]c1=O. The van der Waals surface area contributed by atoms with E-state index >= 15 is 0 Å². The zero-order valence-electron chi connectivity index (χ0n) is 17.4. The molecule has 0 unspecified atom stereocenters. The van der Waals surface area contributed by atoms with Crippen molar-refractivity contribution < 1.29 is 4.74 Å². The van der Waals surface area contributed by atoms with E-state index in [1.807, 2.05) is 6.07 Å². The van der Waals surface area contributed by atoms with Crippen LogP contribution in [-0.4, -0.2) is 29.9 Å². The van der Waals surface area contributed by atoms with Crippen molar-refractivity contribution >= 4 is 35.4 Å². The van der Waals surface area contributed by atoms with Crippen molar-refractivity contribution in [1.82, 2.24) is 9.97 Å². The van der Waals surface area contributed by atoms with Gasteiger partial charge in [-0.2, -0.15) is 0 Å². The van der Waals surface area contributed by atoms with E-state index in [1.165, 1.54) is 19.3 Å².